The number of rotatable bonds is 7. The number of benzene rings is 2. The first-order valence-electron chi connectivity index (χ1n) is 7.98. The van der Waals surface area contributed by atoms with Crippen molar-refractivity contribution in [2.45, 2.75) is 24.7 Å². The number of halogens is 1. The summed E-state index contributed by atoms with van der Waals surface area (Å²) < 4.78 is 26.3. The number of nitrogens with one attached hydrogen (secondary N) is 1. The normalized spacial score (nSPS) is 11.5. The van der Waals surface area contributed by atoms with Crippen LogP contribution in [0.25, 0.3) is 0 Å². The molecule has 0 atom stereocenters. The number of anilines is 1. The number of carbonyl (C=O) groups is 1. The Morgan fingerprint density at radius 3 is 2.44 bits per heavy atom. The van der Waals surface area contributed by atoms with Crippen LogP contribution in [0.4, 0.5) is 5.69 Å². The topological polar surface area (TPSA) is 66.5 Å². The molecule has 0 saturated heterocycles. The number of nitrogens with zero attached hydrogens (tertiary/aromatic N) is 1. The molecule has 0 unspecified atom stereocenters. The van der Waals surface area contributed by atoms with Gasteiger partial charge in [0.25, 0.3) is 5.91 Å². The molecular formula is C18H21ClN2O3S. The molecule has 1 N–H and O–H groups in total. The fourth-order valence-electron chi connectivity index (χ4n) is 2.22. The lowest BCUT2D eigenvalue weighted by Gasteiger charge is -2.17. The monoisotopic (exact) mass is 380 g/mol. The number of carbonyl (C=O) groups excluding carboxylic acids is 1. The van der Waals surface area contributed by atoms with E-state index in [9.17, 15) is 13.2 Å². The molecule has 0 aliphatic rings. The van der Waals surface area contributed by atoms with Crippen molar-refractivity contribution in [3.05, 3.63) is 59.1 Å². The molecule has 0 spiro atoms. The maximum absolute atomic E-state index is 12.5. The molecule has 134 valence electrons. The zero-order valence-corrected chi connectivity index (χ0v) is 15.8. The van der Waals surface area contributed by atoms with Crippen molar-refractivity contribution in [2.24, 2.45) is 0 Å². The molecule has 0 heterocycles. The van der Waals surface area contributed by atoms with Crippen LogP contribution in [0.3, 0.4) is 0 Å². The van der Waals surface area contributed by atoms with E-state index in [-0.39, 0.29) is 10.8 Å². The largest absolute Gasteiger partial charge is 0.322 e. The van der Waals surface area contributed by atoms with Gasteiger partial charge in [0, 0.05) is 29.9 Å². The first-order chi connectivity index (χ1) is 11.8. The van der Waals surface area contributed by atoms with Crippen LogP contribution in [0.2, 0.25) is 5.02 Å². The quantitative estimate of drug-likeness (QED) is 0.789. The Bertz CT molecular complexity index is 836. The first kappa shape index (κ1) is 19.4. The summed E-state index contributed by atoms with van der Waals surface area (Å²) in [6.45, 7) is 2.49. The van der Waals surface area contributed by atoms with Crippen molar-refractivity contribution < 1.29 is 13.2 Å². The number of hydrogen-bond donors (Lipinski definition) is 1. The molecule has 7 heteroatoms. The fraction of sp³-hybridized carbons (Fsp3) is 0.278. The molecule has 2 rings (SSSR count). The number of sulfonamides is 1. The Morgan fingerprint density at radius 1 is 1.16 bits per heavy atom. The molecule has 2 aromatic carbocycles. The van der Waals surface area contributed by atoms with Gasteiger partial charge in [0.05, 0.1) is 4.90 Å². The smallest absolute Gasteiger partial charge is 0.255 e. The highest BCUT2D eigenvalue weighted by Crippen LogP contribution is 2.19. The average molecular weight is 381 g/mol. The summed E-state index contributed by atoms with van der Waals surface area (Å²) >= 11 is 5.88. The van der Waals surface area contributed by atoms with Gasteiger partial charge in [-0.2, -0.15) is 0 Å². The fourth-order valence-corrected chi connectivity index (χ4v) is 3.62. The lowest BCUT2D eigenvalue weighted by Crippen LogP contribution is -2.27. The second kappa shape index (κ2) is 8.47. The highest BCUT2D eigenvalue weighted by molar-refractivity contribution is 7.89. The molecule has 0 aliphatic carbocycles. The van der Waals surface area contributed by atoms with Crippen molar-refractivity contribution in [2.75, 3.05) is 18.9 Å². The third-order valence-electron chi connectivity index (χ3n) is 3.73. The van der Waals surface area contributed by atoms with E-state index in [2.05, 4.69) is 5.32 Å². The van der Waals surface area contributed by atoms with E-state index < -0.39 is 10.0 Å². The van der Waals surface area contributed by atoms with Gasteiger partial charge in [0.2, 0.25) is 10.0 Å². The summed E-state index contributed by atoms with van der Waals surface area (Å²) in [5, 5.41) is 3.20. The Labute approximate surface area is 153 Å². The summed E-state index contributed by atoms with van der Waals surface area (Å²) in [5.41, 5.74) is 0.948. The van der Waals surface area contributed by atoms with Crippen molar-refractivity contribution in [1.82, 2.24) is 4.31 Å². The van der Waals surface area contributed by atoms with E-state index in [1.165, 1.54) is 16.4 Å². The van der Waals surface area contributed by atoms with Gasteiger partial charge >= 0.3 is 0 Å². The minimum atomic E-state index is -3.51. The van der Waals surface area contributed by atoms with Gasteiger partial charge in [-0.25, -0.2) is 12.7 Å². The molecule has 1 amide bonds. The van der Waals surface area contributed by atoms with E-state index >= 15 is 0 Å². The molecule has 0 aromatic heterocycles. The molecule has 25 heavy (non-hydrogen) atoms. The summed E-state index contributed by atoms with van der Waals surface area (Å²) in [7, 11) is -1.94. The van der Waals surface area contributed by atoms with E-state index in [1.807, 2.05) is 6.92 Å². The Balaban J connectivity index is 2.10. The second-order valence-corrected chi connectivity index (χ2v) is 8.15. The van der Waals surface area contributed by atoms with Gasteiger partial charge in [-0.1, -0.05) is 31.0 Å². The van der Waals surface area contributed by atoms with Crippen LogP contribution in [-0.2, 0) is 10.0 Å². The molecule has 0 saturated carbocycles. The van der Waals surface area contributed by atoms with Crippen LogP contribution in [-0.4, -0.2) is 32.2 Å². The van der Waals surface area contributed by atoms with E-state index in [4.69, 9.17) is 11.6 Å². The highest BCUT2D eigenvalue weighted by atomic mass is 35.5. The van der Waals surface area contributed by atoms with Gasteiger partial charge in [-0.15, -0.1) is 0 Å². The van der Waals surface area contributed by atoms with Crippen LogP contribution in [0.15, 0.2) is 53.4 Å². The Kier molecular flexibility index (Phi) is 6.58. The first-order valence-corrected chi connectivity index (χ1v) is 9.79. The Hall–Kier alpha value is -1.89. The van der Waals surface area contributed by atoms with Gasteiger partial charge < -0.3 is 5.32 Å². The zero-order chi connectivity index (χ0) is 18.4. The summed E-state index contributed by atoms with van der Waals surface area (Å²) in [4.78, 5) is 12.4. The maximum atomic E-state index is 12.5. The second-order valence-electron chi connectivity index (χ2n) is 5.67. The van der Waals surface area contributed by atoms with Crippen LogP contribution >= 0.6 is 11.6 Å². The van der Waals surface area contributed by atoms with Gasteiger partial charge in [-0.3, -0.25) is 4.79 Å². The summed E-state index contributed by atoms with van der Waals surface area (Å²) in [6, 6.07) is 12.7. The van der Waals surface area contributed by atoms with Gasteiger partial charge in [0.1, 0.15) is 0 Å². The van der Waals surface area contributed by atoms with Crippen LogP contribution in [0.5, 0.6) is 0 Å². The van der Waals surface area contributed by atoms with E-state index in [1.54, 1.807) is 43.4 Å². The standard InChI is InChI=1S/C18H21ClN2O3S/c1-3-4-12-21(2)25(23,24)17-10-8-16(9-11-17)20-18(22)14-6-5-7-15(19)13-14/h5-11,13H,3-4,12H2,1-2H3,(H,20,22). The molecule has 5 nitrogen and oxygen atoms in total. The van der Waals surface area contributed by atoms with E-state index in [0.29, 0.717) is 22.8 Å². The van der Waals surface area contributed by atoms with Crippen molar-refractivity contribution >= 4 is 33.2 Å². The minimum Gasteiger partial charge on any atom is -0.322 e. The van der Waals surface area contributed by atoms with Crippen molar-refractivity contribution in [1.29, 1.82) is 0 Å². The predicted octanol–water partition coefficient (Wildman–Crippen LogP) is 4.01. The maximum Gasteiger partial charge on any atom is 0.255 e. The average Bonchev–Trinajstić information content (AvgIpc) is 2.60. The van der Waals surface area contributed by atoms with Gasteiger partial charge in [0.15, 0.2) is 0 Å². The third kappa shape index (κ3) is 5.04. The SMILES string of the molecule is CCCCN(C)S(=O)(=O)c1ccc(NC(=O)c2cccc(Cl)c2)cc1. The molecule has 0 aliphatic heterocycles. The molecule has 0 radical (unpaired) electrons. The molecule has 0 bridgehead atoms. The summed E-state index contributed by atoms with van der Waals surface area (Å²) in [6.07, 6.45) is 1.73. The lowest BCUT2D eigenvalue weighted by molar-refractivity contribution is 0.102. The molecule has 2 aromatic rings. The third-order valence-corrected chi connectivity index (χ3v) is 5.84. The highest BCUT2D eigenvalue weighted by Gasteiger charge is 2.20. The minimum absolute atomic E-state index is 0.201. The van der Waals surface area contributed by atoms with E-state index in [0.717, 1.165) is 12.8 Å². The lowest BCUT2D eigenvalue weighted by atomic mass is 10.2. The molecular weight excluding hydrogens is 360 g/mol. The van der Waals surface area contributed by atoms with Crippen LogP contribution in [0, 0.1) is 0 Å². The Morgan fingerprint density at radius 2 is 1.84 bits per heavy atom. The van der Waals surface area contributed by atoms with Gasteiger partial charge in [-0.05, 0) is 48.9 Å². The number of amides is 1. The predicted molar refractivity (Wildman–Crippen MR) is 101 cm³/mol. The van der Waals surface area contributed by atoms with Crippen LogP contribution in [0.1, 0.15) is 30.1 Å². The number of unbranched alkanes of at least 4 members (excludes halogenated alkanes) is 1. The van der Waals surface area contributed by atoms with Crippen molar-refractivity contribution in [3.63, 3.8) is 0 Å². The summed E-state index contributed by atoms with van der Waals surface area (Å²) in [5.74, 6) is -0.307. The molecule has 0 fully saturated rings. The zero-order valence-electron chi connectivity index (χ0n) is 14.2. The van der Waals surface area contributed by atoms with Crippen molar-refractivity contribution in [3.8, 4) is 0 Å². The van der Waals surface area contributed by atoms with Crippen LogP contribution < -0.4 is 5.32 Å². The number of hydrogen-bond acceptors (Lipinski definition) is 3.